The van der Waals surface area contributed by atoms with Crippen molar-refractivity contribution in [2.24, 2.45) is 5.92 Å². The van der Waals surface area contributed by atoms with Gasteiger partial charge in [-0.2, -0.15) is 4.57 Å². The van der Waals surface area contributed by atoms with E-state index < -0.39 is 17.4 Å². The number of benzene rings is 1. The van der Waals surface area contributed by atoms with Crippen molar-refractivity contribution in [1.29, 1.82) is 0 Å². The summed E-state index contributed by atoms with van der Waals surface area (Å²) < 4.78 is 2.97. The molecule has 0 saturated heterocycles. The summed E-state index contributed by atoms with van der Waals surface area (Å²) in [7, 11) is 0. The number of hydrogen-bond donors (Lipinski definition) is 1. The predicted molar refractivity (Wildman–Crippen MR) is 122 cm³/mol. The molecule has 1 aromatic carbocycles. The number of imide groups is 1. The molecule has 2 amide bonds. The lowest BCUT2D eigenvalue weighted by Gasteiger charge is -2.16. The van der Waals surface area contributed by atoms with Crippen molar-refractivity contribution in [2.45, 2.75) is 27.2 Å². The third-order valence-corrected chi connectivity index (χ3v) is 5.54. The van der Waals surface area contributed by atoms with Crippen molar-refractivity contribution >= 4 is 34.7 Å². The van der Waals surface area contributed by atoms with Gasteiger partial charge < -0.3 is 0 Å². The van der Waals surface area contributed by atoms with Crippen LogP contribution in [0, 0.1) is 5.92 Å². The summed E-state index contributed by atoms with van der Waals surface area (Å²) in [4.78, 5) is 41.7. The van der Waals surface area contributed by atoms with Crippen LogP contribution in [0.25, 0.3) is 17.0 Å². The first-order valence-electron chi connectivity index (χ1n) is 10.5. The summed E-state index contributed by atoms with van der Waals surface area (Å²) in [6, 6.07) is 12.2. The molecule has 164 valence electrons. The Labute approximate surface area is 190 Å². The van der Waals surface area contributed by atoms with Crippen molar-refractivity contribution in [1.82, 2.24) is 14.7 Å². The molecule has 0 fully saturated rings. The minimum Gasteiger partial charge on any atom is -0.294 e. The maximum absolute atomic E-state index is 13.6. The van der Waals surface area contributed by atoms with E-state index in [0.717, 1.165) is 0 Å². The Morgan fingerprint density at radius 1 is 1.03 bits per heavy atom. The summed E-state index contributed by atoms with van der Waals surface area (Å²) in [6.45, 7) is 6.04. The van der Waals surface area contributed by atoms with E-state index in [0.29, 0.717) is 22.8 Å². The molecule has 8 heteroatoms. The zero-order valence-corrected chi connectivity index (χ0v) is 18.9. The van der Waals surface area contributed by atoms with Crippen LogP contribution in [0.4, 0.5) is 0 Å². The van der Waals surface area contributed by atoms with Crippen LogP contribution in [0.3, 0.4) is 0 Å². The number of carbonyl (C=O) groups excluding carboxylic acids is 2. The van der Waals surface area contributed by atoms with Gasteiger partial charge in [0.2, 0.25) is 0 Å². The maximum atomic E-state index is 13.6. The lowest BCUT2D eigenvalue weighted by Crippen LogP contribution is -2.40. The smallest absolute Gasteiger partial charge is 0.294 e. The number of pyridine rings is 1. The molecule has 0 atom stereocenters. The fraction of sp³-hybridized carbons (Fsp3) is 0.250. The molecule has 0 radical (unpaired) electrons. The molecule has 3 aromatic rings. The first-order chi connectivity index (χ1) is 15.3. The minimum atomic E-state index is -0.459. The van der Waals surface area contributed by atoms with Crippen LogP contribution < -0.4 is 10.1 Å². The summed E-state index contributed by atoms with van der Waals surface area (Å²) >= 11 is 6.12. The normalized spacial score (nSPS) is 14.2. The zero-order chi connectivity index (χ0) is 23.0. The number of carbonyl (C=O) groups is 2. The Bertz CT molecular complexity index is 1290. The zero-order valence-electron chi connectivity index (χ0n) is 18.1. The molecule has 0 aliphatic carbocycles. The molecule has 2 aromatic heterocycles. The third-order valence-electron chi connectivity index (χ3n) is 5.30. The largest absolute Gasteiger partial charge is 0.326 e. The summed E-state index contributed by atoms with van der Waals surface area (Å²) in [6.07, 6.45) is 3.88. The van der Waals surface area contributed by atoms with E-state index in [1.165, 1.54) is 9.58 Å². The molecule has 3 heterocycles. The van der Waals surface area contributed by atoms with Gasteiger partial charge in [-0.05, 0) is 30.5 Å². The lowest BCUT2D eigenvalue weighted by atomic mass is 10.0. The fourth-order valence-electron chi connectivity index (χ4n) is 3.90. The Balaban J connectivity index is 1.99. The summed E-state index contributed by atoms with van der Waals surface area (Å²) in [5.74, 6) is -0.782. The molecule has 32 heavy (non-hydrogen) atoms. The Morgan fingerprint density at radius 2 is 1.75 bits per heavy atom. The van der Waals surface area contributed by atoms with E-state index in [-0.39, 0.29) is 29.3 Å². The summed E-state index contributed by atoms with van der Waals surface area (Å²) in [5, 5.41) is 3.59. The van der Waals surface area contributed by atoms with Crippen LogP contribution in [-0.2, 0) is 16.0 Å². The van der Waals surface area contributed by atoms with Crippen molar-refractivity contribution in [3.05, 3.63) is 81.5 Å². The third kappa shape index (κ3) is 3.69. The van der Waals surface area contributed by atoms with Gasteiger partial charge in [0.05, 0.1) is 11.3 Å². The number of nitrogens with one attached hydrogen (secondary N) is 1. The number of nitrogens with zero attached hydrogens (tertiary/aromatic N) is 3. The topological polar surface area (TPSA) is 79.1 Å². The Kier molecular flexibility index (Phi) is 5.84. The number of hydrogen-bond acceptors (Lipinski definition) is 3. The Hall–Kier alpha value is -3.45. The molecule has 0 bridgehead atoms. The van der Waals surface area contributed by atoms with Gasteiger partial charge in [-0.1, -0.05) is 44.5 Å². The van der Waals surface area contributed by atoms with E-state index in [1.807, 2.05) is 26.8 Å². The number of H-pyrrole nitrogens is 1. The molecule has 0 saturated carbocycles. The predicted octanol–water partition coefficient (Wildman–Crippen LogP) is 3.06. The number of rotatable bonds is 6. The SMILES string of the molecule is CCc1[nH]n(-c2cccc(Cl)c2)c(=O)c1C1=C([n+]2ccccc2)C(=O)N(CC(C)C)C1=O. The number of aryl methyl sites for hydroxylation is 1. The highest BCUT2D eigenvalue weighted by Gasteiger charge is 2.47. The van der Waals surface area contributed by atoms with E-state index in [1.54, 1.807) is 53.4 Å². The minimum absolute atomic E-state index is 0.0873. The molecule has 0 spiro atoms. The first kappa shape index (κ1) is 21.8. The second-order valence-corrected chi connectivity index (χ2v) is 8.50. The van der Waals surface area contributed by atoms with Gasteiger partial charge in [-0.25, -0.2) is 4.68 Å². The lowest BCUT2D eigenvalue weighted by molar-refractivity contribution is -0.576. The highest BCUT2D eigenvalue weighted by atomic mass is 35.5. The highest BCUT2D eigenvalue weighted by Crippen LogP contribution is 2.30. The van der Waals surface area contributed by atoms with Crippen molar-refractivity contribution in [2.75, 3.05) is 6.54 Å². The van der Waals surface area contributed by atoms with Crippen LogP contribution in [0.1, 0.15) is 32.0 Å². The first-order valence-corrected chi connectivity index (χ1v) is 10.9. The maximum Gasteiger partial charge on any atom is 0.326 e. The number of aromatic nitrogens is 3. The molecule has 1 aliphatic heterocycles. The monoisotopic (exact) mass is 451 g/mol. The average Bonchev–Trinajstić information content (AvgIpc) is 3.22. The van der Waals surface area contributed by atoms with Crippen LogP contribution in [0.5, 0.6) is 0 Å². The van der Waals surface area contributed by atoms with Crippen LogP contribution >= 0.6 is 11.6 Å². The van der Waals surface area contributed by atoms with Gasteiger partial charge in [0.15, 0.2) is 12.4 Å². The van der Waals surface area contributed by atoms with Gasteiger partial charge in [0.25, 0.3) is 17.2 Å². The molecule has 1 N–H and O–H groups in total. The van der Waals surface area contributed by atoms with Gasteiger partial charge in [0.1, 0.15) is 5.57 Å². The molecular weight excluding hydrogens is 428 g/mol. The molecule has 0 unspecified atom stereocenters. The second kappa shape index (κ2) is 8.59. The van der Waals surface area contributed by atoms with E-state index >= 15 is 0 Å². The Morgan fingerprint density at radius 3 is 2.38 bits per heavy atom. The molecule has 1 aliphatic rings. The average molecular weight is 452 g/mol. The highest BCUT2D eigenvalue weighted by molar-refractivity contribution is 6.44. The molecule has 7 nitrogen and oxygen atoms in total. The van der Waals surface area contributed by atoms with Crippen molar-refractivity contribution < 1.29 is 14.2 Å². The van der Waals surface area contributed by atoms with Crippen LogP contribution in [0.15, 0.2) is 59.7 Å². The molecule has 4 rings (SSSR count). The fourth-order valence-corrected chi connectivity index (χ4v) is 4.08. The second-order valence-electron chi connectivity index (χ2n) is 8.06. The van der Waals surface area contributed by atoms with E-state index in [2.05, 4.69) is 5.10 Å². The van der Waals surface area contributed by atoms with Gasteiger partial charge in [-0.3, -0.25) is 24.4 Å². The number of amides is 2. The van der Waals surface area contributed by atoms with Crippen molar-refractivity contribution in [3.8, 4) is 5.69 Å². The number of halogens is 1. The molecular formula is C24H24ClN4O3+. The van der Waals surface area contributed by atoms with Crippen molar-refractivity contribution in [3.63, 3.8) is 0 Å². The van der Waals surface area contributed by atoms with Gasteiger partial charge in [0, 0.05) is 29.4 Å². The quantitative estimate of drug-likeness (QED) is 0.462. The van der Waals surface area contributed by atoms with Crippen LogP contribution in [0.2, 0.25) is 5.02 Å². The van der Waals surface area contributed by atoms with Crippen LogP contribution in [-0.4, -0.2) is 33.0 Å². The van der Waals surface area contributed by atoms with E-state index in [4.69, 9.17) is 11.6 Å². The standard InChI is InChI=1S/C24H23ClN4O3/c1-4-18-19(23(31)29(26-18)17-10-8-9-16(25)13-17)20-21(27-11-6-5-7-12-27)24(32)28(22(20)30)14-15(2)3/h5-13,15H,4,14H2,1-3H3/p+1. The van der Waals surface area contributed by atoms with Gasteiger partial charge >= 0.3 is 5.91 Å². The number of aromatic amines is 1. The van der Waals surface area contributed by atoms with E-state index in [9.17, 15) is 14.4 Å². The summed E-state index contributed by atoms with van der Waals surface area (Å²) in [5.41, 5.74) is 1.23. The van der Waals surface area contributed by atoms with Gasteiger partial charge in [-0.15, -0.1) is 0 Å².